The highest BCUT2D eigenvalue weighted by molar-refractivity contribution is 5.76. The number of hydrogen-bond donors (Lipinski definition) is 1. The van der Waals surface area contributed by atoms with Gasteiger partial charge in [0.1, 0.15) is 5.82 Å². The van der Waals surface area contributed by atoms with E-state index in [1.54, 1.807) is 4.52 Å². The van der Waals surface area contributed by atoms with Crippen molar-refractivity contribution in [3.8, 4) is 11.5 Å². The molecule has 1 saturated heterocycles. The van der Waals surface area contributed by atoms with Crippen LogP contribution in [-0.2, 0) is 17.8 Å². The van der Waals surface area contributed by atoms with Gasteiger partial charge in [0.2, 0.25) is 12.7 Å². The van der Waals surface area contributed by atoms with E-state index in [-0.39, 0.29) is 12.7 Å². The molecule has 0 spiro atoms. The van der Waals surface area contributed by atoms with Gasteiger partial charge in [-0.2, -0.15) is 4.52 Å². The molecule has 2 aliphatic rings. The summed E-state index contributed by atoms with van der Waals surface area (Å²) in [5, 5.41) is 16.0. The number of fused-ring (bicyclic) bond motifs is 2. The largest absolute Gasteiger partial charge is 0.454 e. The summed E-state index contributed by atoms with van der Waals surface area (Å²) in [5.41, 5.74) is 1.66. The Labute approximate surface area is 167 Å². The summed E-state index contributed by atoms with van der Waals surface area (Å²) in [5.74, 6) is 3.03. The smallest absolute Gasteiger partial charge is 0.231 e. The van der Waals surface area contributed by atoms with Crippen molar-refractivity contribution < 1.29 is 14.3 Å². The van der Waals surface area contributed by atoms with Gasteiger partial charge in [-0.15, -0.1) is 15.3 Å². The molecule has 0 bridgehead atoms. The lowest BCUT2D eigenvalue weighted by atomic mass is 10.2. The molecule has 9 nitrogen and oxygen atoms in total. The molecule has 9 heteroatoms. The van der Waals surface area contributed by atoms with Gasteiger partial charge in [-0.25, -0.2) is 0 Å². The molecule has 1 aromatic carbocycles. The zero-order valence-corrected chi connectivity index (χ0v) is 16.0. The molecule has 5 rings (SSSR count). The van der Waals surface area contributed by atoms with Crippen molar-refractivity contribution in [2.24, 2.45) is 0 Å². The number of ether oxygens (including phenoxy) is 2. The first kappa shape index (κ1) is 17.7. The summed E-state index contributed by atoms with van der Waals surface area (Å²) in [7, 11) is 0. The van der Waals surface area contributed by atoms with Gasteiger partial charge in [0.25, 0.3) is 0 Å². The van der Waals surface area contributed by atoms with E-state index in [0.717, 1.165) is 30.2 Å². The lowest BCUT2D eigenvalue weighted by molar-refractivity contribution is -0.121. The zero-order chi connectivity index (χ0) is 19.6. The van der Waals surface area contributed by atoms with Crippen LogP contribution in [0.4, 0.5) is 5.82 Å². The summed E-state index contributed by atoms with van der Waals surface area (Å²) in [6, 6.07) is 9.58. The maximum atomic E-state index is 12.3. The molecular formula is C20H22N6O3. The van der Waals surface area contributed by atoms with Crippen molar-refractivity contribution in [3.63, 3.8) is 0 Å². The average Bonchev–Trinajstić information content (AvgIpc) is 3.50. The zero-order valence-electron chi connectivity index (χ0n) is 16.0. The van der Waals surface area contributed by atoms with Gasteiger partial charge in [-0.05, 0) is 42.7 Å². The van der Waals surface area contributed by atoms with Crippen LogP contribution in [0.2, 0.25) is 0 Å². The van der Waals surface area contributed by atoms with Crippen molar-refractivity contribution in [1.82, 2.24) is 25.1 Å². The maximum absolute atomic E-state index is 12.3. The van der Waals surface area contributed by atoms with E-state index >= 15 is 0 Å². The van der Waals surface area contributed by atoms with Crippen LogP contribution < -0.4 is 19.7 Å². The predicted octanol–water partition coefficient (Wildman–Crippen LogP) is 1.70. The third-order valence-electron chi connectivity index (χ3n) is 5.25. The van der Waals surface area contributed by atoms with E-state index in [2.05, 4.69) is 25.5 Å². The van der Waals surface area contributed by atoms with E-state index < -0.39 is 0 Å². The molecule has 150 valence electrons. The predicted molar refractivity (Wildman–Crippen MR) is 105 cm³/mol. The third kappa shape index (κ3) is 3.67. The number of benzene rings is 1. The number of amides is 1. The van der Waals surface area contributed by atoms with Crippen LogP contribution in [0.1, 0.15) is 30.7 Å². The first-order valence-electron chi connectivity index (χ1n) is 9.88. The molecule has 1 amide bonds. The molecule has 0 atom stereocenters. The molecule has 3 aromatic rings. The van der Waals surface area contributed by atoms with Gasteiger partial charge in [-0.1, -0.05) is 6.07 Å². The Kier molecular flexibility index (Phi) is 4.63. The SMILES string of the molecule is O=C(CCc1nnc2ccc(N3CCCC3)nn12)NCc1ccc2c(c1)OCO2. The highest BCUT2D eigenvalue weighted by atomic mass is 16.7. The van der Waals surface area contributed by atoms with Gasteiger partial charge in [-0.3, -0.25) is 4.79 Å². The summed E-state index contributed by atoms with van der Waals surface area (Å²) >= 11 is 0. The number of nitrogens with one attached hydrogen (secondary N) is 1. The molecule has 0 saturated carbocycles. The molecule has 29 heavy (non-hydrogen) atoms. The lowest BCUT2D eigenvalue weighted by Crippen LogP contribution is -2.23. The van der Waals surface area contributed by atoms with Crippen LogP contribution in [0.5, 0.6) is 11.5 Å². The second kappa shape index (κ2) is 7.57. The van der Waals surface area contributed by atoms with Gasteiger partial charge in [0.15, 0.2) is 23.0 Å². The quantitative estimate of drug-likeness (QED) is 0.680. The third-order valence-corrected chi connectivity index (χ3v) is 5.25. The highest BCUT2D eigenvalue weighted by Gasteiger charge is 2.17. The van der Waals surface area contributed by atoms with Crippen molar-refractivity contribution in [3.05, 3.63) is 41.7 Å². The van der Waals surface area contributed by atoms with E-state index in [9.17, 15) is 4.79 Å². The Morgan fingerprint density at radius 3 is 2.83 bits per heavy atom. The van der Waals surface area contributed by atoms with Gasteiger partial charge in [0.05, 0.1) is 0 Å². The second-order valence-corrected chi connectivity index (χ2v) is 7.24. The van der Waals surface area contributed by atoms with Crippen LogP contribution >= 0.6 is 0 Å². The standard InChI is InChI=1S/C20H22N6O3/c27-20(21-12-14-3-4-15-16(11-14)29-13-28-15)8-7-18-23-22-17-5-6-19(24-26(17)18)25-9-1-2-10-25/h3-6,11H,1-2,7-10,12-13H2,(H,21,27). The van der Waals surface area contributed by atoms with Crippen molar-refractivity contribution in [2.45, 2.75) is 32.2 Å². The molecule has 4 heterocycles. The van der Waals surface area contributed by atoms with Crippen LogP contribution in [0.25, 0.3) is 5.65 Å². The van der Waals surface area contributed by atoms with Crippen LogP contribution in [-0.4, -0.2) is 45.6 Å². The summed E-state index contributed by atoms with van der Waals surface area (Å²) < 4.78 is 12.4. The normalized spacial score (nSPS) is 15.2. The minimum absolute atomic E-state index is 0.0462. The van der Waals surface area contributed by atoms with Crippen molar-refractivity contribution in [2.75, 3.05) is 24.8 Å². The minimum Gasteiger partial charge on any atom is -0.454 e. The topological polar surface area (TPSA) is 93.9 Å². The number of nitrogens with zero attached hydrogens (tertiary/aromatic N) is 5. The Balaban J connectivity index is 1.20. The number of aromatic nitrogens is 4. The number of carbonyl (C=O) groups excluding carboxylic acids is 1. The molecule has 1 fully saturated rings. The molecule has 0 unspecified atom stereocenters. The monoisotopic (exact) mass is 394 g/mol. The summed E-state index contributed by atoms with van der Waals surface area (Å²) in [6.45, 7) is 2.73. The van der Waals surface area contributed by atoms with Gasteiger partial charge < -0.3 is 19.7 Å². The van der Waals surface area contributed by atoms with Gasteiger partial charge >= 0.3 is 0 Å². The first-order chi connectivity index (χ1) is 14.3. The Bertz CT molecular complexity index is 1040. The fraction of sp³-hybridized carbons (Fsp3) is 0.400. The molecular weight excluding hydrogens is 372 g/mol. The molecule has 0 aliphatic carbocycles. The Morgan fingerprint density at radius 1 is 1.07 bits per heavy atom. The number of anilines is 1. The van der Waals surface area contributed by atoms with Crippen molar-refractivity contribution in [1.29, 1.82) is 0 Å². The Hall–Kier alpha value is -3.36. The fourth-order valence-corrected chi connectivity index (χ4v) is 3.66. The van der Waals surface area contributed by atoms with E-state index in [0.29, 0.717) is 36.6 Å². The molecule has 1 N–H and O–H groups in total. The number of carbonyl (C=O) groups is 1. The maximum Gasteiger partial charge on any atom is 0.231 e. The minimum atomic E-state index is -0.0462. The molecule has 2 aliphatic heterocycles. The number of hydrogen-bond acceptors (Lipinski definition) is 7. The van der Waals surface area contributed by atoms with E-state index in [1.807, 2.05) is 30.3 Å². The number of aryl methyl sites for hydroxylation is 1. The van der Waals surface area contributed by atoms with E-state index in [4.69, 9.17) is 9.47 Å². The Morgan fingerprint density at radius 2 is 1.93 bits per heavy atom. The second-order valence-electron chi connectivity index (χ2n) is 7.24. The van der Waals surface area contributed by atoms with Crippen LogP contribution in [0.15, 0.2) is 30.3 Å². The highest BCUT2D eigenvalue weighted by Crippen LogP contribution is 2.32. The summed E-state index contributed by atoms with van der Waals surface area (Å²) in [6.07, 6.45) is 3.18. The first-order valence-corrected chi connectivity index (χ1v) is 9.88. The fourth-order valence-electron chi connectivity index (χ4n) is 3.66. The van der Waals surface area contributed by atoms with Crippen LogP contribution in [0.3, 0.4) is 0 Å². The van der Waals surface area contributed by atoms with E-state index in [1.165, 1.54) is 12.8 Å². The molecule has 2 aromatic heterocycles. The molecule has 0 radical (unpaired) electrons. The summed E-state index contributed by atoms with van der Waals surface area (Å²) in [4.78, 5) is 14.6. The lowest BCUT2D eigenvalue weighted by Gasteiger charge is -2.15. The average molecular weight is 394 g/mol. The number of rotatable bonds is 6. The van der Waals surface area contributed by atoms with Crippen molar-refractivity contribution >= 4 is 17.4 Å². The van der Waals surface area contributed by atoms with Gasteiger partial charge in [0, 0.05) is 32.5 Å². The van der Waals surface area contributed by atoms with Crippen LogP contribution in [0, 0.1) is 0 Å².